The standard InChI is InChI=1S/C16H19ClN2O/c1-10-16(17)14(19(2)18-10)9-15(20)13-8-7-11-5-3-4-6-12(11)13/h3-6,13,15,20H,7-9H2,1-2H3. The summed E-state index contributed by atoms with van der Waals surface area (Å²) >= 11 is 6.27. The average molecular weight is 291 g/mol. The average Bonchev–Trinajstić information content (AvgIpc) is 2.96. The largest absolute Gasteiger partial charge is 0.392 e. The van der Waals surface area contributed by atoms with E-state index < -0.39 is 6.10 Å². The third kappa shape index (κ3) is 2.25. The predicted octanol–water partition coefficient (Wildman–Crippen LogP) is 3.02. The van der Waals surface area contributed by atoms with Crippen LogP contribution >= 0.6 is 11.6 Å². The Hall–Kier alpha value is -1.32. The maximum absolute atomic E-state index is 10.6. The van der Waals surface area contributed by atoms with E-state index in [-0.39, 0.29) is 5.92 Å². The second-order valence-electron chi connectivity index (χ2n) is 5.59. The summed E-state index contributed by atoms with van der Waals surface area (Å²) < 4.78 is 1.78. The molecule has 1 N–H and O–H groups in total. The van der Waals surface area contributed by atoms with E-state index in [0.717, 1.165) is 24.2 Å². The normalized spacial score (nSPS) is 19.1. The van der Waals surface area contributed by atoms with Crippen LogP contribution in [0, 0.1) is 6.92 Å². The van der Waals surface area contributed by atoms with Gasteiger partial charge in [0.2, 0.25) is 0 Å². The van der Waals surface area contributed by atoms with E-state index in [2.05, 4.69) is 23.3 Å². The van der Waals surface area contributed by atoms with Gasteiger partial charge in [-0.3, -0.25) is 4.68 Å². The Labute approximate surface area is 124 Å². The molecule has 3 rings (SSSR count). The first-order chi connectivity index (χ1) is 9.58. The van der Waals surface area contributed by atoms with Crippen molar-refractivity contribution < 1.29 is 5.11 Å². The molecule has 2 atom stereocenters. The highest BCUT2D eigenvalue weighted by molar-refractivity contribution is 6.31. The fourth-order valence-corrected chi connectivity index (χ4v) is 3.47. The lowest BCUT2D eigenvalue weighted by atomic mass is 9.92. The molecule has 1 aromatic carbocycles. The van der Waals surface area contributed by atoms with Crippen molar-refractivity contribution in [2.24, 2.45) is 7.05 Å². The highest BCUT2D eigenvalue weighted by Gasteiger charge is 2.29. The van der Waals surface area contributed by atoms with Gasteiger partial charge in [-0.15, -0.1) is 0 Å². The molecule has 1 aliphatic rings. The van der Waals surface area contributed by atoms with Crippen LogP contribution in [-0.4, -0.2) is 21.0 Å². The number of aliphatic hydroxyl groups is 1. The second-order valence-corrected chi connectivity index (χ2v) is 5.96. The molecule has 3 nitrogen and oxygen atoms in total. The topological polar surface area (TPSA) is 38.0 Å². The van der Waals surface area contributed by atoms with Crippen molar-refractivity contribution in [2.45, 2.75) is 38.2 Å². The van der Waals surface area contributed by atoms with E-state index in [4.69, 9.17) is 11.6 Å². The Morgan fingerprint density at radius 3 is 2.90 bits per heavy atom. The fraction of sp³-hybridized carbons (Fsp3) is 0.438. The van der Waals surface area contributed by atoms with Crippen LogP contribution in [0.25, 0.3) is 0 Å². The van der Waals surface area contributed by atoms with Gasteiger partial charge in [-0.25, -0.2) is 0 Å². The molecule has 20 heavy (non-hydrogen) atoms. The molecule has 4 heteroatoms. The highest BCUT2D eigenvalue weighted by atomic mass is 35.5. The summed E-state index contributed by atoms with van der Waals surface area (Å²) in [5, 5.41) is 15.6. The van der Waals surface area contributed by atoms with Gasteiger partial charge >= 0.3 is 0 Å². The summed E-state index contributed by atoms with van der Waals surface area (Å²) in [4.78, 5) is 0. The van der Waals surface area contributed by atoms with Crippen LogP contribution < -0.4 is 0 Å². The number of nitrogens with zero attached hydrogens (tertiary/aromatic N) is 2. The van der Waals surface area contributed by atoms with Crippen LogP contribution in [0.2, 0.25) is 5.02 Å². The SMILES string of the molecule is Cc1nn(C)c(CC(O)C2CCc3ccccc32)c1Cl. The zero-order valence-electron chi connectivity index (χ0n) is 11.8. The molecule has 0 saturated heterocycles. The lowest BCUT2D eigenvalue weighted by molar-refractivity contribution is 0.141. The summed E-state index contributed by atoms with van der Waals surface area (Å²) in [6.07, 6.45) is 2.20. The molecular weight excluding hydrogens is 272 g/mol. The van der Waals surface area contributed by atoms with Gasteiger partial charge in [0.1, 0.15) is 0 Å². The summed E-state index contributed by atoms with van der Waals surface area (Å²) in [6, 6.07) is 8.40. The van der Waals surface area contributed by atoms with Crippen molar-refractivity contribution in [1.29, 1.82) is 0 Å². The molecule has 0 amide bonds. The minimum atomic E-state index is -0.411. The first-order valence-electron chi connectivity index (χ1n) is 7.01. The van der Waals surface area contributed by atoms with E-state index in [1.165, 1.54) is 11.1 Å². The van der Waals surface area contributed by atoms with Crippen molar-refractivity contribution in [3.8, 4) is 0 Å². The van der Waals surface area contributed by atoms with E-state index in [9.17, 15) is 5.11 Å². The molecule has 0 aliphatic heterocycles. The van der Waals surface area contributed by atoms with Crippen molar-refractivity contribution in [1.82, 2.24) is 9.78 Å². The number of aliphatic hydroxyl groups excluding tert-OH is 1. The van der Waals surface area contributed by atoms with Gasteiger partial charge in [0.05, 0.1) is 22.5 Å². The molecule has 2 unspecified atom stereocenters. The molecule has 1 heterocycles. The molecule has 1 aromatic heterocycles. The number of halogens is 1. The Kier molecular flexibility index (Phi) is 3.57. The molecule has 0 fully saturated rings. The molecule has 0 saturated carbocycles. The van der Waals surface area contributed by atoms with E-state index in [0.29, 0.717) is 11.4 Å². The van der Waals surface area contributed by atoms with E-state index in [1.54, 1.807) is 4.68 Å². The molecule has 1 aliphatic carbocycles. The number of fused-ring (bicyclic) bond motifs is 1. The van der Waals surface area contributed by atoms with E-state index in [1.807, 2.05) is 20.0 Å². The minimum Gasteiger partial charge on any atom is -0.392 e. The summed E-state index contributed by atoms with van der Waals surface area (Å²) in [5.41, 5.74) is 4.39. The monoisotopic (exact) mass is 290 g/mol. The molecule has 0 radical (unpaired) electrons. The number of aryl methyl sites for hydroxylation is 3. The zero-order chi connectivity index (χ0) is 14.3. The Morgan fingerprint density at radius 1 is 1.45 bits per heavy atom. The molecule has 106 valence electrons. The summed E-state index contributed by atoms with van der Waals surface area (Å²) in [5.74, 6) is 0.206. The lowest BCUT2D eigenvalue weighted by Crippen LogP contribution is -2.21. The zero-order valence-corrected chi connectivity index (χ0v) is 12.6. The van der Waals surface area contributed by atoms with Crippen molar-refractivity contribution in [3.05, 3.63) is 51.8 Å². The van der Waals surface area contributed by atoms with Crippen LogP contribution in [0.15, 0.2) is 24.3 Å². The van der Waals surface area contributed by atoms with Gasteiger partial charge < -0.3 is 5.11 Å². The number of rotatable bonds is 3. The van der Waals surface area contributed by atoms with Gasteiger partial charge in [-0.1, -0.05) is 35.9 Å². The van der Waals surface area contributed by atoms with Crippen molar-refractivity contribution >= 4 is 11.6 Å². The van der Waals surface area contributed by atoms with Crippen LogP contribution in [0.5, 0.6) is 0 Å². The Bertz CT molecular complexity index is 635. The molecular formula is C16H19ClN2O. The van der Waals surface area contributed by atoms with Crippen LogP contribution in [-0.2, 0) is 19.9 Å². The number of aromatic nitrogens is 2. The Balaban J connectivity index is 1.83. The fourth-order valence-electron chi connectivity index (χ4n) is 3.23. The maximum atomic E-state index is 10.6. The number of benzene rings is 1. The van der Waals surface area contributed by atoms with Gasteiger partial charge in [-0.2, -0.15) is 5.10 Å². The van der Waals surface area contributed by atoms with Crippen LogP contribution in [0.1, 0.15) is 34.9 Å². The van der Waals surface area contributed by atoms with Crippen LogP contribution in [0.3, 0.4) is 0 Å². The first-order valence-corrected chi connectivity index (χ1v) is 7.39. The highest BCUT2D eigenvalue weighted by Crippen LogP contribution is 2.37. The van der Waals surface area contributed by atoms with Gasteiger partial charge in [0, 0.05) is 19.4 Å². The third-order valence-corrected chi connectivity index (χ3v) is 4.80. The second kappa shape index (κ2) is 5.23. The third-order valence-electron chi connectivity index (χ3n) is 4.31. The summed E-state index contributed by atoms with van der Waals surface area (Å²) in [7, 11) is 1.88. The smallest absolute Gasteiger partial charge is 0.0847 e. The molecule has 0 bridgehead atoms. The number of hydrogen-bond acceptors (Lipinski definition) is 2. The molecule has 2 aromatic rings. The minimum absolute atomic E-state index is 0.206. The van der Waals surface area contributed by atoms with Crippen molar-refractivity contribution in [2.75, 3.05) is 0 Å². The van der Waals surface area contributed by atoms with Gasteiger partial charge in [-0.05, 0) is 30.9 Å². The predicted molar refractivity (Wildman–Crippen MR) is 80.2 cm³/mol. The first kappa shape index (κ1) is 13.7. The maximum Gasteiger partial charge on any atom is 0.0847 e. The molecule has 0 spiro atoms. The lowest BCUT2D eigenvalue weighted by Gasteiger charge is -2.19. The van der Waals surface area contributed by atoms with Crippen LogP contribution in [0.4, 0.5) is 0 Å². The van der Waals surface area contributed by atoms with Gasteiger partial charge in [0.25, 0.3) is 0 Å². The van der Waals surface area contributed by atoms with Gasteiger partial charge in [0.15, 0.2) is 0 Å². The quantitative estimate of drug-likeness (QED) is 0.943. The van der Waals surface area contributed by atoms with Crippen molar-refractivity contribution in [3.63, 3.8) is 0 Å². The summed E-state index contributed by atoms with van der Waals surface area (Å²) in [6.45, 7) is 1.89. The Morgan fingerprint density at radius 2 is 2.20 bits per heavy atom. The number of hydrogen-bond donors (Lipinski definition) is 1. The van der Waals surface area contributed by atoms with E-state index >= 15 is 0 Å².